The highest BCUT2D eigenvalue weighted by Gasteiger charge is 2.20. The molecule has 0 spiro atoms. The molecule has 1 heterocycles. The highest BCUT2D eigenvalue weighted by molar-refractivity contribution is 4.68. The number of rotatable bonds is 8. The predicted octanol–water partition coefficient (Wildman–Crippen LogP) is 3.53. The highest BCUT2D eigenvalue weighted by Crippen LogP contribution is 2.18. The molecule has 0 N–H and O–H groups in total. The van der Waals surface area contributed by atoms with E-state index in [4.69, 9.17) is 4.74 Å². The topological polar surface area (TPSA) is 12.5 Å². The maximum absolute atomic E-state index is 5.15. The van der Waals surface area contributed by atoms with Crippen molar-refractivity contribution in [2.75, 3.05) is 6.61 Å². The smallest absolute Gasteiger partial charge is 0.0810 e. The molecule has 1 rings (SSSR count). The molecule has 1 atom stereocenters. The number of ether oxygens (including phenoxy) is 1. The van der Waals surface area contributed by atoms with Crippen molar-refractivity contribution in [2.24, 2.45) is 0 Å². The van der Waals surface area contributed by atoms with Crippen molar-refractivity contribution in [1.82, 2.24) is 0 Å². The number of unbranched alkanes of at least 4 members (excludes halogenated alkanes) is 6. The van der Waals surface area contributed by atoms with Crippen LogP contribution in [0.2, 0.25) is 0 Å². The molecule has 0 radical (unpaired) electrons. The molecule has 12 heavy (non-hydrogen) atoms. The molecule has 0 aromatic rings. The Balaban J connectivity index is 1.65. The van der Waals surface area contributed by atoms with Crippen molar-refractivity contribution < 1.29 is 4.74 Å². The minimum absolute atomic E-state index is 0.653. The predicted molar refractivity (Wildman–Crippen MR) is 52.4 cm³/mol. The van der Waals surface area contributed by atoms with Gasteiger partial charge in [-0.3, -0.25) is 0 Å². The monoisotopic (exact) mass is 170 g/mol. The summed E-state index contributed by atoms with van der Waals surface area (Å²) in [5.74, 6) is 0. The largest absolute Gasteiger partial charge is 0.373 e. The molecule has 1 heteroatoms. The zero-order valence-corrected chi connectivity index (χ0v) is 8.35. The fourth-order valence-corrected chi connectivity index (χ4v) is 1.56. The summed E-state index contributed by atoms with van der Waals surface area (Å²) < 4.78 is 5.15. The van der Waals surface area contributed by atoms with Gasteiger partial charge in [-0.25, -0.2) is 0 Å². The average molecular weight is 170 g/mol. The summed E-state index contributed by atoms with van der Waals surface area (Å²) in [5.41, 5.74) is 0. The van der Waals surface area contributed by atoms with Gasteiger partial charge in [0.1, 0.15) is 0 Å². The molecule has 1 saturated heterocycles. The van der Waals surface area contributed by atoms with E-state index in [1.165, 1.54) is 51.4 Å². The Labute approximate surface area is 76.5 Å². The molecule has 0 aromatic carbocycles. The lowest BCUT2D eigenvalue weighted by Gasteiger charge is -1.98. The van der Waals surface area contributed by atoms with Crippen LogP contribution in [0.25, 0.3) is 0 Å². The van der Waals surface area contributed by atoms with Crippen LogP contribution in [-0.4, -0.2) is 12.7 Å². The summed E-state index contributed by atoms with van der Waals surface area (Å²) in [6.07, 6.45) is 11.9. The molecular formula is C11H22O. The van der Waals surface area contributed by atoms with E-state index in [1.54, 1.807) is 0 Å². The van der Waals surface area contributed by atoms with Crippen molar-refractivity contribution >= 4 is 0 Å². The van der Waals surface area contributed by atoms with Gasteiger partial charge in [0.2, 0.25) is 0 Å². The van der Waals surface area contributed by atoms with Gasteiger partial charge in [0.05, 0.1) is 12.7 Å². The molecule has 0 unspecified atom stereocenters. The summed E-state index contributed by atoms with van der Waals surface area (Å²) >= 11 is 0. The molecule has 0 amide bonds. The van der Waals surface area contributed by atoms with E-state index in [-0.39, 0.29) is 0 Å². The number of hydrogen-bond donors (Lipinski definition) is 0. The van der Waals surface area contributed by atoms with Crippen LogP contribution in [0.5, 0.6) is 0 Å². The molecule has 1 nitrogen and oxygen atoms in total. The Morgan fingerprint density at radius 1 is 1.00 bits per heavy atom. The van der Waals surface area contributed by atoms with Crippen LogP contribution in [0.4, 0.5) is 0 Å². The fourth-order valence-electron chi connectivity index (χ4n) is 1.56. The highest BCUT2D eigenvalue weighted by atomic mass is 16.6. The molecule has 0 aliphatic carbocycles. The summed E-state index contributed by atoms with van der Waals surface area (Å²) in [6.45, 7) is 3.31. The van der Waals surface area contributed by atoms with Gasteiger partial charge in [0.25, 0.3) is 0 Å². The summed E-state index contributed by atoms with van der Waals surface area (Å²) in [5, 5.41) is 0. The standard InChI is InChI=1S/C11H22O/c1-2-3-4-5-6-7-8-9-11-10-12-11/h11H,2-10H2,1H3/t11-/m1/s1. The third kappa shape index (κ3) is 5.59. The first kappa shape index (κ1) is 10.0. The Kier molecular flexibility index (Phi) is 5.42. The number of epoxide rings is 1. The maximum Gasteiger partial charge on any atom is 0.0810 e. The van der Waals surface area contributed by atoms with E-state index in [9.17, 15) is 0 Å². The molecule has 72 valence electrons. The normalized spacial score (nSPS) is 21.2. The van der Waals surface area contributed by atoms with Crippen LogP contribution in [0.3, 0.4) is 0 Å². The van der Waals surface area contributed by atoms with Crippen molar-refractivity contribution in [3.05, 3.63) is 0 Å². The van der Waals surface area contributed by atoms with E-state index < -0.39 is 0 Å². The number of hydrogen-bond acceptors (Lipinski definition) is 1. The van der Waals surface area contributed by atoms with Gasteiger partial charge in [-0.15, -0.1) is 0 Å². The van der Waals surface area contributed by atoms with E-state index in [2.05, 4.69) is 6.92 Å². The first-order valence-corrected chi connectivity index (χ1v) is 5.55. The molecule has 1 fully saturated rings. The van der Waals surface area contributed by atoms with Crippen molar-refractivity contribution in [3.63, 3.8) is 0 Å². The summed E-state index contributed by atoms with van der Waals surface area (Å²) in [7, 11) is 0. The second-order valence-electron chi connectivity index (χ2n) is 3.87. The summed E-state index contributed by atoms with van der Waals surface area (Å²) in [4.78, 5) is 0. The van der Waals surface area contributed by atoms with Crippen LogP contribution < -0.4 is 0 Å². The zero-order valence-electron chi connectivity index (χ0n) is 8.35. The first-order chi connectivity index (χ1) is 5.93. The Morgan fingerprint density at radius 2 is 1.58 bits per heavy atom. The SMILES string of the molecule is CCCCCCCCC[C@@H]1CO1. The van der Waals surface area contributed by atoms with Crippen molar-refractivity contribution in [3.8, 4) is 0 Å². The van der Waals surface area contributed by atoms with Gasteiger partial charge in [-0.05, 0) is 6.42 Å². The lowest BCUT2D eigenvalue weighted by atomic mass is 10.1. The third-order valence-corrected chi connectivity index (χ3v) is 2.53. The van der Waals surface area contributed by atoms with Crippen molar-refractivity contribution in [1.29, 1.82) is 0 Å². The van der Waals surface area contributed by atoms with Crippen LogP contribution in [-0.2, 0) is 4.74 Å². The summed E-state index contributed by atoms with van der Waals surface area (Å²) in [6, 6.07) is 0. The van der Waals surface area contributed by atoms with Gasteiger partial charge in [-0.1, -0.05) is 51.9 Å². The Morgan fingerprint density at radius 3 is 2.17 bits per heavy atom. The average Bonchev–Trinajstić information content (AvgIpc) is 2.87. The molecular weight excluding hydrogens is 148 g/mol. The maximum atomic E-state index is 5.15. The molecule has 0 saturated carbocycles. The van der Waals surface area contributed by atoms with Gasteiger partial charge in [0, 0.05) is 0 Å². The third-order valence-electron chi connectivity index (χ3n) is 2.53. The fraction of sp³-hybridized carbons (Fsp3) is 1.00. The van der Waals surface area contributed by atoms with Gasteiger partial charge in [0.15, 0.2) is 0 Å². The van der Waals surface area contributed by atoms with Crippen LogP contribution in [0.15, 0.2) is 0 Å². The molecule has 0 bridgehead atoms. The van der Waals surface area contributed by atoms with Crippen LogP contribution in [0, 0.1) is 0 Å². The zero-order chi connectivity index (χ0) is 8.65. The van der Waals surface area contributed by atoms with Crippen LogP contribution in [0.1, 0.15) is 58.3 Å². The second-order valence-corrected chi connectivity index (χ2v) is 3.87. The van der Waals surface area contributed by atoms with Gasteiger partial charge in [-0.2, -0.15) is 0 Å². The molecule has 0 aromatic heterocycles. The molecule has 1 aliphatic heterocycles. The van der Waals surface area contributed by atoms with E-state index in [1.807, 2.05) is 0 Å². The van der Waals surface area contributed by atoms with Gasteiger partial charge >= 0.3 is 0 Å². The molecule has 1 aliphatic rings. The van der Waals surface area contributed by atoms with E-state index >= 15 is 0 Å². The van der Waals surface area contributed by atoms with Crippen molar-refractivity contribution in [2.45, 2.75) is 64.4 Å². The lowest BCUT2D eigenvalue weighted by molar-refractivity contribution is 0.387. The Hall–Kier alpha value is -0.0400. The van der Waals surface area contributed by atoms with Crippen LogP contribution >= 0.6 is 0 Å². The second kappa shape index (κ2) is 6.47. The quantitative estimate of drug-likeness (QED) is 0.401. The van der Waals surface area contributed by atoms with Gasteiger partial charge < -0.3 is 4.74 Å². The van der Waals surface area contributed by atoms with E-state index in [0.29, 0.717) is 6.10 Å². The lowest BCUT2D eigenvalue weighted by Crippen LogP contribution is -1.85. The first-order valence-electron chi connectivity index (χ1n) is 5.55. The minimum Gasteiger partial charge on any atom is -0.373 e. The minimum atomic E-state index is 0.653. The van der Waals surface area contributed by atoms with E-state index in [0.717, 1.165) is 6.61 Å². The Bertz CT molecular complexity index is 97.2.